The summed E-state index contributed by atoms with van der Waals surface area (Å²) in [5, 5.41) is 9.19. The Morgan fingerprint density at radius 2 is 1.93 bits per heavy atom. The molecule has 0 aliphatic rings. The van der Waals surface area contributed by atoms with E-state index in [2.05, 4.69) is 6.58 Å². The minimum absolute atomic E-state index is 0.167. The van der Waals surface area contributed by atoms with Gasteiger partial charge >= 0.3 is 0 Å². The van der Waals surface area contributed by atoms with Crippen LogP contribution in [0, 0.1) is 0 Å². The Labute approximate surface area is 84.9 Å². The lowest BCUT2D eigenvalue weighted by Gasteiger charge is -1.97. The van der Waals surface area contributed by atoms with Gasteiger partial charge in [0, 0.05) is 0 Å². The predicted molar refractivity (Wildman–Crippen MR) is 58.4 cm³/mol. The summed E-state index contributed by atoms with van der Waals surface area (Å²) in [6, 6.07) is 7.27. The van der Waals surface area contributed by atoms with E-state index in [0.29, 0.717) is 5.75 Å². The van der Waals surface area contributed by atoms with Crippen LogP contribution in [0.5, 0.6) is 5.75 Å². The van der Waals surface area contributed by atoms with Crippen molar-refractivity contribution >= 4 is 5.78 Å². The fourth-order valence-electron chi connectivity index (χ4n) is 0.839. The summed E-state index contributed by atoms with van der Waals surface area (Å²) >= 11 is 0. The summed E-state index contributed by atoms with van der Waals surface area (Å²) in [7, 11) is 0. The van der Waals surface area contributed by atoms with Gasteiger partial charge in [-0.25, -0.2) is 0 Å². The number of aromatic hydroxyl groups is 1. The van der Waals surface area contributed by atoms with E-state index in [4.69, 9.17) is 0 Å². The number of phenols is 1. The van der Waals surface area contributed by atoms with Gasteiger partial charge in [0.05, 0.1) is 0 Å². The number of ketones is 1. The van der Waals surface area contributed by atoms with E-state index in [1.165, 1.54) is 13.8 Å². The van der Waals surface area contributed by atoms with Gasteiger partial charge in [0.1, 0.15) is 11.5 Å². The second kappa shape index (κ2) is 6.89. The fourth-order valence-corrected chi connectivity index (χ4v) is 0.839. The molecular weight excluding hydrogens is 176 g/mol. The minimum atomic E-state index is 0.167. The van der Waals surface area contributed by atoms with Gasteiger partial charge in [-0.15, -0.1) is 6.58 Å². The highest BCUT2D eigenvalue weighted by Gasteiger charge is 1.93. The molecule has 0 spiro atoms. The Bertz CT molecular complexity index is 299. The van der Waals surface area contributed by atoms with Crippen LogP contribution in [0.2, 0.25) is 0 Å². The Kier molecular flexibility index (Phi) is 6.12. The van der Waals surface area contributed by atoms with Crippen LogP contribution >= 0.6 is 0 Å². The zero-order valence-corrected chi connectivity index (χ0v) is 8.66. The van der Waals surface area contributed by atoms with Gasteiger partial charge in [-0.05, 0) is 31.9 Å². The van der Waals surface area contributed by atoms with Crippen LogP contribution in [0.4, 0.5) is 0 Å². The molecule has 0 saturated heterocycles. The van der Waals surface area contributed by atoms with Crippen LogP contribution in [0.1, 0.15) is 19.4 Å². The smallest absolute Gasteiger partial charge is 0.126 e. The van der Waals surface area contributed by atoms with Crippen molar-refractivity contribution in [1.29, 1.82) is 0 Å². The van der Waals surface area contributed by atoms with Gasteiger partial charge in [0.2, 0.25) is 0 Å². The zero-order chi connectivity index (χ0) is 11.0. The summed E-state index contributed by atoms with van der Waals surface area (Å²) in [6.45, 7) is 6.64. The maximum absolute atomic E-state index is 9.44. The second-order valence-corrected chi connectivity index (χ2v) is 3.03. The molecule has 14 heavy (non-hydrogen) atoms. The SMILES string of the molecule is C=CCc1ccccc1O.CC(C)=O. The molecule has 0 heterocycles. The molecule has 2 nitrogen and oxygen atoms in total. The third kappa shape index (κ3) is 6.00. The van der Waals surface area contributed by atoms with E-state index in [-0.39, 0.29) is 5.78 Å². The first-order chi connectivity index (χ1) is 6.57. The van der Waals surface area contributed by atoms with Crippen LogP contribution in [0.3, 0.4) is 0 Å². The Hall–Kier alpha value is -1.57. The molecule has 2 heteroatoms. The van der Waals surface area contributed by atoms with Crippen molar-refractivity contribution < 1.29 is 9.90 Å². The maximum Gasteiger partial charge on any atom is 0.126 e. The molecule has 76 valence electrons. The first kappa shape index (κ1) is 12.4. The van der Waals surface area contributed by atoms with Gasteiger partial charge in [-0.2, -0.15) is 0 Å². The van der Waals surface area contributed by atoms with Crippen LogP contribution in [-0.4, -0.2) is 10.9 Å². The number of allylic oxidation sites excluding steroid dienone is 1. The molecule has 1 aromatic carbocycles. The summed E-state index contributed by atoms with van der Waals surface area (Å²) in [6.07, 6.45) is 2.50. The van der Waals surface area contributed by atoms with Crippen molar-refractivity contribution in [1.82, 2.24) is 0 Å². The molecule has 0 unspecified atom stereocenters. The molecular formula is C12H16O2. The van der Waals surface area contributed by atoms with Crippen molar-refractivity contribution in [3.8, 4) is 5.75 Å². The number of hydrogen-bond acceptors (Lipinski definition) is 2. The number of phenolic OH excluding ortho intramolecular Hbond substituents is 1. The van der Waals surface area contributed by atoms with Crippen LogP contribution in [0.15, 0.2) is 36.9 Å². The summed E-state index contributed by atoms with van der Waals surface area (Å²) in [5.74, 6) is 0.516. The van der Waals surface area contributed by atoms with E-state index in [1.807, 2.05) is 18.2 Å². The van der Waals surface area contributed by atoms with Gasteiger partial charge in [-0.3, -0.25) is 0 Å². The number of rotatable bonds is 2. The number of Topliss-reactive ketones (excluding diaryl/α,β-unsaturated/α-hetero) is 1. The highest BCUT2D eigenvalue weighted by molar-refractivity contribution is 5.72. The van der Waals surface area contributed by atoms with Gasteiger partial charge in [-0.1, -0.05) is 24.3 Å². The quantitative estimate of drug-likeness (QED) is 0.731. The summed E-state index contributed by atoms with van der Waals surface area (Å²) in [5.41, 5.74) is 0.928. The van der Waals surface area contributed by atoms with Gasteiger partial charge in [0.25, 0.3) is 0 Å². The third-order valence-corrected chi connectivity index (χ3v) is 1.36. The highest BCUT2D eigenvalue weighted by Crippen LogP contribution is 2.15. The van der Waals surface area contributed by atoms with Crippen molar-refractivity contribution in [2.75, 3.05) is 0 Å². The largest absolute Gasteiger partial charge is 0.508 e. The zero-order valence-electron chi connectivity index (χ0n) is 8.66. The molecule has 1 rings (SSSR count). The molecule has 1 aromatic rings. The first-order valence-corrected chi connectivity index (χ1v) is 4.43. The van der Waals surface area contributed by atoms with Crippen molar-refractivity contribution in [3.63, 3.8) is 0 Å². The molecule has 1 N–H and O–H groups in total. The number of benzene rings is 1. The summed E-state index contributed by atoms with van der Waals surface area (Å²) < 4.78 is 0. The van der Waals surface area contributed by atoms with Crippen molar-refractivity contribution in [2.24, 2.45) is 0 Å². The second-order valence-electron chi connectivity index (χ2n) is 3.03. The Morgan fingerprint density at radius 3 is 2.36 bits per heavy atom. The van der Waals surface area contributed by atoms with Gasteiger partial charge < -0.3 is 9.90 Å². The van der Waals surface area contributed by atoms with Crippen LogP contribution < -0.4 is 0 Å². The molecule has 0 atom stereocenters. The highest BCUT2D eigenvalue weighted by atomic mass is 16.3. The van der Waals surface area contributed by atoms with Crippen LogP contribution in [-0.2, 0) is 11.2 Å². The predicted octanol–water partition coefficient (Wildman–Crippen LogP) is 2.72. The lowest BCUT2D eigenvalue weighted by Crippen LogP contribution is -1.79. The summed E-state index contributed by atoms with van der Waals surface area (Å²) in [4.78, 5) is 9.44. The van der Waals surface area contributed by atoms with E-state index in [0.717, 1.165) is 12.0 Å². The molecule has 0 radical (unpaired) electrons. The molecule has 0 aliphatic carbocycles. The van der Waals surface area contributed by atoms with Gasteiger partial charge in [0.15, 0.2) is 0 Å². The van der Waals surface area contributed by atoms with E-state index >= 15 is 0 Å². The topological polar surface area (TPSA) is 37.3 Å². The van der Waals surface area contributed by atoms with E-state index < -0.39 is 0 Å². The first-order valence-electron chi connectivity index (χ1n) is 4.43. The molecule has 0 aromatic heterocycles. The minimum Gasteiger partial charge on any atom is -0.508 e. The standard InChI is InChI=1S/C9H10O.C3H6O/c1-2-5-8-6-3-4-7-9(8)10;1-3(2)4/h2-4,6-7,10H,1,5H2;1-2H3. The number of carbonyl (C=O) groups is 1. The van der Waals surface area contributed by atoms with Crippen LogP contribution in [0.25, 0.3) is 0 Å². The van der Waals surface area contributed by atoms with Crippen molar-refractivity contribution in [2.45, 2.75) is 20.3 Å². The lowest BCUT2D eigenvalue weighted by atomic mass is 10.1. The number of carbonyl (C=O) groups excluding carboxylic acids is 1. The third-order valence-electron chi connectivity index (χ3n) is 1.36. The number of para-hydroxylation sites is 1. The number of hydrogen-bond donors (Lipinski definition) is 1. The molecule has 0 amide bonds. The molecule has 0 aliphatic heterocycles. The average molecular weight is 192 g/mol. The molecule has 0 fully saturated rings. The normalized spacial score (nSPS) is 8.43. The molecule has 0 bridgehead atoms. The van der Waals surface area contributed by atoms with Crippen molar-refractivity contribution in [3.05, 3.63) is 42.5 Å². The maximum atomic E-state index is 9.44. The van der Waals surface area contributed by atoms with E-state index in [9.17, 15) is 9.90 Å². The average Bonchev–Trinajstić information content (AvgIpc) is 2.08. The lowest BCUT2D eigenvalue weighted by molar-refractivity contribution is -0.114. The monoisotopic (exact) mass is 192 g/mol. The molecule has 0 saturated carbocycles. The fraction of sp³-hybridized carbons (Fsp3) is 0.250. The Morgan fingerprint density at radius 1 is 1.43 bits per heavy atom. The van der Waals surface area contributed by atoms with E-state index in [1.54, 1.807) is 12.1 Å². The Balaban J connectivity index is 0.000000364.